The monoisotopic (exact) mass is 320 g/mol. The van der Waals surface area contributed by atoms with Gasteiger partial charge in [0.05, 0.1) is 0 Å². The Hall–Kier alpha value is -0.780. The quantitative estimate of drug-likeness (QED) is 0.914. The lowest BCUT2D eigenvalue weighted by Gasteiger charge is -2.35. The van der Waals surface area contributed by atoms with Crippen molar-refractivity contribution in [2.24, 2.45) is 5.92 Å². The molecule has 1 aromatic rings. The Morgan fingerprint density at radius 3 is 2.95 bits per heavy atom. The molecule has 2 fully saturated rings. The minimum atomic E-state index is 0. The summed E-state index contributed by atoms with van der Waals surface area (Å²) in [5.74, 6) is 0.947. The SMILES string of the molecule is Cl.Cl.O=C(CCn1cccn1)N1CCC2NCCC2C1. The Kier molecular flexibility index (Phi) is 6.79. The Morgan fingerprint density at radius 1 is 1.35 bits per heavy atom. The van der Waals surface area contributed by atoms with Gasteiger partial charge in [-0.2, -0.15) is 5.10 Å². The third-order valence-electron chi connectivity index (χ3n) is 4.12. The number of nitrogens with one attached hydrogen (secondary N) is 1. The van der Waals surface area contributed by atoms with Gasteiger partial charge in [-0.1, -0.05) is 0 Å². The number of hydrogen-bond acceptors (Lipinski definition) is 3. The van der Waals surface area contributed by atoms with Crippen LogP contribution in [0.4, 0.5) is 0 Å². The number of carbonyl (C=O) groups excluding carboxylic acids is 1. The molecule has 0 aliphatic carbocycles. The van der Waals surface area contributed by atoms with E-state index in [1.54, 1.807) is 6.20 Å². The number of carbonyl (C=O) groups is 1. The first-order valence-electron chi connectivity index (χ1n) is 6.81. The highest BCUT2D eigenvalue weighted by Gasteiger charge is 2.33. The van der Waals surface area contributed by atoms with E-state index in [0.29, 0.717) is 24.9 Å². The third kappa shape index (κ3) is 3.87. The first-order valence-corrected chi connectivity index (χ1v) is 6.81. The maximum atomic E-state index is 12.1. The molecule has 1 N–H and O–H groups in total. The number of fused-ring (bicyclic) bond motifs is 1. The van der Waals surface area contributed by atoms with Crippen LogP contribution < -0.4 is 5.32 Å². The van der Waals surface area contributed by atoms with Crippen LogP contribution in [0.2, 0.25) is 0 Å². The molecule has 1 aromatic heterocycles. The van der Waals surface area contributed by atoms with Crippen molar-refractivity contribution in [2.75, 3.05) is 19.6 Å². The van der Waals surface area contributed by atoms with E-state index in [1.165, 1.54) is 6.42 Å². The number of aryl methyl sites for hydroxylation is 1. The summed E-state index contributed by atoms with van der Waals surface area (Å²) in [5.41, 5.74) is 0. The lowest BCUT2D eigenvalue weighted by atomic mass is 9.93. The molecular formula is C13H22Cl2N4O. The first-order chi connectivity index (χ1) is 8.83. The highest BCUT2D eigenvalue weighted by atomic mass is 35.5. The van der Waals surface area contributed by atoms with Crippen molar-refractivity contribution >= 4 is 30.7 Å². The fourth-order valence-electron chi connectivity index (χ4n) is 3.08. The molecule has 0 aromatic carbocycles. The minimum Gasteiger partial charge on any atom is -0.342 e. The molecule has 1 amide bonds. The van der Waals surface area contributed by atoms with Gasteiger partial charge < -0.3 is 10.2 Å². The number of halogens is 2. The number of likely N-dealkylation sites (tertiary alicyclic amines) is 1. The number of amides is 1. The Morgan fingerprint density at radius 2 is 2.20 bits per heavy atom. The highest BCUT2D eigenvalue weighted by Crippen LogP contribution is 2.24. The number of piperidine rings is 1. The largest absolute Gasteiger partial charge is 0.342 e. The van der Waals surface area contributed by atoms with Gasteiger partial charge in [0, 0.05) is 44.5 Å². The van der Waals surface area contributed by atoms with E-state index in [-0.39, 0.29) is 30.7 Å². The zero-order valence-electron chi connectivity index (χ0n) is 11.4. The van der Waals surface area contributed by atoms with Crippen molar-refractivity contribution in [1.29, 1.82) is 0 Å². The van der Waals surface area contributed by atoms with E-state index in [2.05, 4.69) is 10.4 Å². The van der Waals surface area contributed by atoms with Crippen molar-refractivity contribution in [3.8, 4) is 0 Å². The summed E-state index contributed by atoms with van der Waals surface area (Å²) in [6, 6.07) is 2.54. The molecule has 114 valence electrons. The van der Waals surface area contributed by atoms with Gasteiger partial charge in [0.1, 0.15) is 0 Å². The summed E-state index contributed by atoms with van der Waals surface area (Å²) in [7, 11) is 0. The Bertz CT molecular complexity index is 413. The van der Waals surface area contributed by atoms with Crippen LogP contribution in [0.5, 0.6) is 0 Å². The van der Waals surface area contributed by atoms with Gasteiger partial charge in [-0.05, 0) is 31.4 Å². The topological polar surface area (TPSA) is 50.2 Å². The second kappa shape index (κ2) is 7.86. The van der Waals surface area contributed by atoms with E-state index in [0.717, 1.165) is 26.1 Å². The van der Waals surface area contributed by atoms with Gasteiger partial charge in [0.15, 0.2) is 0 Å². The predicted octanol–water partition coefficient (Wildman–Crippen LogP) is 1.33. The molecule has 2 saturated heterocycles. The molecule has 3 rings (SSSR count). The van der Waals surface area contributed by atoms with E-state index in [1.807, 2.05) is 21.8 Å². The van der Waals surface area contributed by atoms with Crippen molar-refractivity contribution in [3.63, 3.8) is 0 Å². The van der Waals surface area contributed by atoms with E-state index >= 15 is 0 Å². The lowest BCUT2D eigenvalue weighted by Crippen LogP contribution is -2.47. The average molecular weight is 321 g/mol. The van der Waals surface area contributed by atoms with Crippen LogP contribution >= 0.6 is 24.8 Å². The van der Waals surface area contributed by atoms with Crippen molar-refractivity contribution in [3.05, 3.63) is 18.5 Å². The molecule has 20 heavy (non-hydrogen) atoms. The molecule has 0 spiro atoms. The summed E-state index contributed by atoms with van der Waals surface area (Å²) < 4.78 is 1.82. The molecule has 0 saturated carbocycles. The molecule has 0 bridgehead atoms. The van der Waals surface area contributed by atoms with Gasteiger partial charge in [0.2, 0.25) is 5.91 Å². The summed E-state index contributed by atoms with van der Waals surface area (Å²) >= 11 is 0. The highest BCUT2D eigenvalue weighted by molar-refractivity contribution is 5.85. The second-order valence-corrected chi connectivity index (χ2v) is 5.26. The predicted molar refractivity (Wildman–Crippen MR) is 82.4 cm³/mol. The molecular weight excluding hydrogens is 299 g/mol. The summed E-state index contributed by atoms with van der Waals surface area (Å²) in [4.78, 5) is 14.2. The van der Waals surface area contributed by atoms with Gasteiger partial charge in [-0.3, -0.25) is 9.48 Å². The zero-order chi connectivity index (χ0) is 12.4. The Labute approximate surface area is 131 Å². The first kappa shape index (κ1) is 17.3. The van der Waals surface area contributed by atoms with Gasteiger partial charge in [-0.15, -0.1) is 24.8 Å². The fourth-order valence-corrected chi connectivity index (χ4v) is 3.08. The van der Waals surface area contributed by atoms with Gasteiger partial charge >= 0.3 is 0 Å². The summed E-state index contributed by atoms with van der Waals surface area (Å²) in [5, 5.41) is 7.64. The Balaban J connectivity index is 0.000001000. The molecule has 2 unspecified atom stereocenters. The summed E-state index contributed by atoms with van der Waals surface area (Å²) in [6.07, 6.45) is 6.54. The molecule has 2 atom stereocenters. The van der Waals surface area contributed by atoms with Crippen molar-refractivity contribution in [2.45, 2.75) is 31.8 Å². The maximum Gasteiger partial charge on any atom is 0.224 e. The van der Waals surface area contributed by atoms with E-state index in [9.17, 15) is 4.79 Å². The zero-order valence-corrected chi connectivity index (χ0v) is 13.0. The molecule has 7 heteroatoms. The van der Waals surface area contributed by atoms with Crippen LogP contribution in [0.1, 0.15) is 19.3 Å². The number of rotatable bonds is 3. The van der Waals surface area contributed by atoms with Crippen LogP contribution in [-0.4, -0.2) is 46.3 Å². The second-order valence-electron chi connectivity index (χ2n) is 5.26. The summed E-state index contributed by atoms with van der Waals surface area (Å²) in [6.45, 7) is 3.65. The van der Waals surface area contributed by atoms with Crippen LogP contribution in [0.3, 0.4) is 0 Å². The smallest absolute Gasteiger partial charge is 0.224 e. The standard InChI is InChI=1S/C13H20N4O.2ClH/c18-13(4-9-17-7-1-5-15-17)16-8-3-12-11(10-16)2-6-14-12;;/h1,5,7,11-12,14H,2-4,6,8-10H2;2*1H. The normalized spacial score (nSPS) is 24.5. The molecule has 5 nitrogen and oxygen atoms in total. The molecule has 2 aliphatic heterocycles. The number of nitrogens with zero attached hydrogens (tertiary/aromatic N) is 3. The third-order valence-corrected chi connectivity index (χ3v) is 4.12. The van der Waals surface area contributed by atoms with E-state index in [4.69, 9.17) is 0 Å². The lowest BCUT2D eigenvalue weighted by molar-refractivity contribution is -0.133. The van der Waals surface area contributed by atoms with E-state index < -0.39 is 0 Å². The van der Waals surface area contributed by atoms with Gasteiger partial charge in [0.25, 0.3) is 0 Å². The van der Waals surface area contributed by atoms with Crippen molar-refractivity contribution < 1.29 is 4.79 Å². The van der Waals surface area contributed by atoms with Gasteiger partial charge in [-0.25, -0.2) is 0 Å². The average Bonchev–Trinajstić information content (AvgIpc) is 3.05. The minimum absolute atomic E-state index is 0. The van der Waals surface area contributed by atoms with Crippen LogP contribution in [0.15, 0.2) is 18.5 Å². The van der Waals surface area contributed by atoms with Crippen LogP contribution in [0, 0.1) is 5.92 Å². The molecule has 0 radical (unpaired) electrons. The fraction of sp³-hybridized carbons (Fsp3) is 0.692. The van der Waals surface area contributed by atoms with Crippen LogP contribution in [-0.2, 0) is 11.3 Å². The van der Waals surface area contributed by atoms with Crippen molar-refractivity contribution in [1.82, 2.24) is 20.0 Å². The molecule has 2 aliphatic rings. The maximum absolute atomic E-state index is 12.1. The number of hydrogen-bond donors (Lipinski definition) is 1. The molecule has 3 heterocycles. The number of aromatic nitrogens is 2. The van der Waals surface area contributed by atoms with Crippen LogP contribution in [0.25, 0.3) is 0 Å².